The van der Waals surface area contributed by atoms with Crippen LogP contribution in [0.25, 0.3) is 0 Å². The van der Waals surface area contributed by atoms with Crippen molar-refractivity contribution in [2.45, 2.75) is 13.5 Å². The number of methoxy groups -OCH3 is 3. The average Bonchev–Trinajstić information content (AvgIpc) is 2.28. The van der Waals surface area contributed by atoms with Crippen molar-refractivity contribution in [3.8, 4) is 11.5 Å². The summed E-state index contributed by atoms with van der Waals surface area (Å²) in [6.07, 6.45) is 0. The topological polar surface area (TPSA) is 44.8 Å². The molecule has 0 aromatic heterocycles. The lowest BCUT2D eigenvalue weighted by atomic mass is 10.1. The molecule has 1 aromatic carbocycles. The third-order valence-electron chi connectivity index (χ3n) is 2.28. The molecule has 0 saturated carbocycles. The maximum absolute atomic E-state index is 11.4. The summed E-state index contributed by atoms with van der Waals surface area (Å²) in [5, 5.41) is 0. The van der Waals surface area contributed by atoms with Crippen molar-refractivity contribution in [1.82, 2.24) is 0 Å². The Balaban J connectivity index is 3.28. The van der Waals surface area contributed by atoms with E-state index in [0.717, 1.165) is 5.56 Å². The number of ether oxygens (including phenoxy) is 3. The van der Waals surface area contributed by atoms with Crippen LogP contribution in [0.2, 0.25) is 0 Å². The largest absolute Gasteiger partial charge is 0.496 e. The van der Waals surface area contributed by atoms with Crippen LogP contribution in [0.3, 0.4) is 0 Å². The number of Topliss-reactive ketones (excluding diaryl/α,β-unsaturated/α-hetero) is 1. The first kappa shape index (κ1) is 12.5. The summed E-state index contributed by atoms with van der Waals surface area (Å²) < 4.78 is 15.4. The van der Waals surface area contributed by atoms with E-state index in [1.165, 1.54) is 14.0 Å². The van der Waals surface area contributed by atoms with Crippen LogP contribution in [0.1, 0.15) is 22.8 Å². The zero-order valence-electron chi connectivity index (χ0n) is 9.99. The molecule has 0 spiro atoms. The summed E-state index contributed by atoms with van der Waals surface area (Å²) in [6.45, 7) is 1.90. The highest BCUT2D eigenvalue weighted by atomic mass is 16.5. The third-order valence-corrected chi connectivity index (χ3v) is 2.28. The normalized spacial score (nSPS) is 10.0. The zero-order chi connectivity index (χ0) is 12.1. The average molecular weight is 224 g/mol. The van der Waals surface area contributed by atoms with Crippen molar-refractivity contribution in [3.05, 3.63) is 23.3 Å². The Hall–Kier alpha value is -1.55. The molecule has 1 aromatic rings. The SMILES string of the molecule is COCc1cc(C(C)=O)c(OC)cc1OC. The van der Waals surface area contributed by atoms with E-state index in [1.54, 1.807) is 26.4 Å². The van der Waals surface area contributed by atoms with Gasteiger partial charge in [0.2, 0.25) is 0 Å². The zero-order valence-corrected chi connectivity index (χ0v) is 9.99. The number of hydrogen-bond acceptors (Lipinski definition) is 4. The Labute approximate surface area is 95.1 Å². The van der Waals surface area contributed by atoms with Gasteiger partial charge < -0.3 is 14.2 Å². The van der Waals surface area contributed by atoms with Crippen molar-refractivity contribution in [2.75, 3.05) is 21.3 Å². The van der Waals surface area contributed by atoms with Crippen LogP contribution in [0.15, 0.2) is 12.1 Å². The molecule has 0 atom stereocenters. The highest BCUT2D eigenvalue weighted by Gasteiger charge is 2.13. The molecule has 0 amide bonds. The summed E-state index contributed by atoms with van der Waals surface area (Å²) in [5.74, 6) is 1.13. The minimum Gasteiger partial charge on any atom is -0.496 e. The van der Waals surface area contributed by atoms with Gasteiger partial charge in [-0.2, -0.15) is 0 Å². The summed E-state index contributed by atoms with van der Waals surface area (Å²) in [6, 6.07) is 3.44. The van der Waals surface area contributed by atoms with Crippen LogP contribution >= 0.6 is 0 Å². The van der Waals surface area contributed by atoms with Crippen LogP contribution in [-0.4, -0.2) is 27.1 Å². The molecule has 0 N–H and O–H groups in total. The Morgan fingerprint density at radius 1 is 1.12 bits per heavy atom. The van der Waals surface area contributed by atoms with Crippen LogP contribution < -0.4 is 9.47 Å². The van der Waals surface area contributed by atoms with Crippen LogP contribution in [0, 0.1) is 0 Å². The van der Waals surface area contributed by atoms with Crippen LogP contribution in [-0.2, 0) is 11.3 Å². The summed E-state index contributed by atoms with van der Waals surface area (Å²) in [5.41, 5.74) is 1.37. The standard InChI is InChI=1S/C12H16O4/c1-8(13)10-5-9(7-14-2)11(15-3)6-12(10)16-4/h5-6H,7H2,1-4H3. The first-order chi connectivity index (χ1) is 7.63. The molecule has 0 radical (unpaired) electrons. The molecule has 0 aliphatic heterocycles. The predicted octanol–water partition coefficient (Wildman–Crippen LogP) is 2.05. The second-order valence-electron chi connectivity index (χ2n) is 3.35. The molecule has 0 fully saturated rings. The monoisotopic (exact) mass is 224 g/mol. The molecule has 4 heteroatoms. The molecule has 4 nitrogen and oxygen atoms in total. The lowest BCUT2D eigenvalue weighted by Gasteiger charge is -2.12. The van der Waals surface area contributed by atoms with E-state index in [4.69, 9.17) is 14.2 Å². The molecular weight excluding hydrogens is 208 g/mol. The number of hydrogen-bond donors (Lipinski definition) is 0. The maximum Gasteiger partial charge on any atom is 0.163 e. The van der Waals surface area contributed by atoms with E-state index in [1.807, 2.05) is 0 Å². The number of rotatable bonds is 5. The molecule has 0 saturated heterocycles. The van der Waals surface area contributed by atoms with Crippen LogP contribution in [0.4, 0.5) is 0 Å². The fourth-order valence-corrected chi connectivity index (χ4v) is 1.51. The van der Waals surface area contributed by atoms with Gasteiger partial charge in [-0.1, -0.05) is 0 Å². The van der Waals surface area contributed by atoms with Crippen LogP contribution in [0.5, 0.6) is 11.5 Å². The van der Waals surface area contributed by atoms with Crippen molar-refractivity contribution < 1.29 is 19.0 Å². The Kier molecular flexibility index (Phi) is 4.31. The first-order valence-corrected chi connectivity index (χ1v) is 4.88. The molecule has 0 unspecified atom stereocenters. The molecule has 1 rings (SSSR count). The summed E-state index contributed by atoms with van der Waals surface area (Å²) >= 11 is 0. The number of carbonyl (C=O) groups is 1. The van der Waals surface area contributed by atoms with Crippen molar-refractivity contribution >= 4 is 5.78 Å². The maximum atomic E-state index is 11.4. The van der Waals surface area contributed by atoms with Gasteiger partial charge in [-0.3, -0.25) is 4.79 Å². The Morgan fingerprint density at radius 3 is 2.19 bits per heavy atom. The summed E-state index contributed by atoms with van der Waals surface area (Å²) in [4.78, 5) is 11.4. The van der Waals surface area contributed by atoms with Crippen molar-refractivity contribution in [2.24, 2.45) is 0 Å². The smallest absolute Gasteiger partial charge is 0.163 e. The minimum atomic E-state index is -0.0446. The van der Waals surface area contributed by atoms with E-state index in [-0.39, 0.29) is 5.78 Å². The fraction of sp³-hybridized carbons (Fsp3) is 0.417. The molecule has 0 aliphatic carbocycles. The molecule has 0 aliphatic rings. The van der Waals surface area contributed by atoms with Gasteiger partial charge in [0, 0.05) is 18.7 Å². The Bertz CT molecular complexity index is 385. The molecule has 0 heterocycles. The van der Waals surface area contributed by atoms with Crippen molar-refractivity contribution in [3.63, 3.8) is 0 Å². The highest BCUT2D eigenvalue weighted by molar-refractivity contribution is 5.97. The third kappa shape index (κ3) is 2.52. The molecule has 0 bridgehead atoms. The molecule has 88 valence electrons. The van der Waals surface area contributed by atoms with Gasteiger partial charge in [-0.25, -0.2) is 0 Å². The van der Waals surface area contributed by atoms with E-state index >= 15 is 0 Å². The van der Waals surface area contributed by atoms with Gasteiger partial charge >= 0.3 is 0 Å². The van der Waals surface area contributed by atoms with E-state index in [0.29, 0.717) is 23.7 Å². The van der Waals surface area contributed by atoms with Gasteiger partial charge in [0.1, 0.15) is 11.5 Å². The van der Waals surface area contributed by atoms with Gasteiger partial charge in [0.25, 0.3) is 0 Å². The second-order valence-corrected chi connectivity index (χ2v) is 3.35. The number of carbonyl (C=O) groups excluding carboxylic acids is 1. The number of ketones is 1. The van der Waals surface area contributed by atoms with E-state index < -0.39 is 0 Å². The fourth-order valence-electron chi connectivity index (χ4n) is 1.51. The molecular formula is C12H16O4. The predicted molar refractivity (Wildman–Crippen MR) is 60.3 cm³/mol. The Morgan fingerprint density at radius 2 is 1.75 bits per heavy atom. The lowest BCUT2D eigenvalue weighted by molar-refractivity contribution is 0.101. The highest BCUT2D eigenvalue weighted by Crippen LogP contribution is 2.29. The quantitative estimate of drug-likeness (QED) is 0.718. The van der Waals surface area contributed by atoms with Gasteiger partial charge in [0.15, 0.2) is 5.78 Å². The van der Waals surface area contributed by atoms with Crippen molar-refractivity contribution in [1.29, 1.82) is 0 Å². The second kappa shape index (κ2) is 5.51. The van der Waals surface area contributed by atoms with E-state index in [2.05, 4.69) is 0 Å². The lowest BCUT2D eigenvalue weighted by Crippen LogP contribution is -2.02. The van der Waals surface area contributed by atoms with Gasteiger partial charge in [0.05, 0.1) is 26.4 Å². The molecule has 16 heavy (non-hydrogen) atoms. The van der Waals surface area contributed by atoms with E-state index in [9.17, 15) is 4.79 Å². The number of benzene rings is 1. The first-order valence-electron chi connectivity index (χ1n) is 4.88. The summed E-state index contributed by atoms with van der Waals surface area (Å²) in [7, 11) is 4.69. The van der Waals surface area contributed by atoms with Gasteiger partial charge in [-0.05, 0) is 13.0 Å². The minimum absolute atomic E-state index is 0.0446. The van der Waals surface area contributed by atoms with Gasteiger partial charge in [-0.15, -0.1) is 0 Å².